The molecular weight excluding hydrogens is 150 g/mol. The Morgan fingerprint density at radius 2 is 2.36 bits per heavy atom. The van der Waals surface area contributed by atoms with E-state index in [1.165, 1.54) is 0 Å². The second-order valence-electron chi connectivity index (χ2n) is 1.94. The minimum absolute atomic E-state index is 0.494. The SMILES string of the molecule is NC1C(=O)C=CN=C1[N+](=O)[O-]. The van der Waals surface area contributed by atoms with Crippen LogP contribution in [0.3, 0.4) is 0 Å². The van der Waals surface area contributed by atoms with Gasteiger partial charge in [-0.1, -0.05) is 0 Å². The number of amidine groups is 1. The average molecular weight is 155 g/mol. The Balaban J connectivity index is 2.96. The third-order valence-corrected chi connectivity index (χ3v) is 1.22. The Morgan fingerprint density at radius 3 is 2.82 bits per heavy atom. The quantitative estimate of drug-likeness (QED) is 0.361. The van der Waals surface area contributed by atoms with E-state index in [1.54, 1.807) is 0 Å². The van der Waals surface area contributed by atoms with Crippen molar-refractivity contribution in [2.24, 2.45) is 10.7 Å². The van der Waals surface area contributed by atoms with Gasteiger partial charge in [0.05, 0.1) is 0 Å². The molecule has 0 bridgehead atoms. The molecule has 1 aliphatic rings. The fourth-order valence-electron chi connectivity index (χ4n) is 0.659. The minimum Gasteiger partial charge on any atom is -0.358 e. The van der Waals surface area contributed by atoms with E-state index >= 15 is 0 Å². The van der Waals surface area contributed by atoms with Crippen LogP contribution < -0.4 is 5.73 Å². The number of hydrogen-bond acceptors (Lipinski definition) is 5. The number of aliphatic imine (C=N–C) groups is 1. The lowest BCUT2D eigenvalue weighted by Gasteiger charge is -2.05. The topological polar surface area (TPSA) is 98.6 Å². The van der Waals surface area contributed by atoms with Crippen molar-refractivity contribution in [3.8, 4) is 0 Å². The highest BCUT2D eigenvalue weighted by molar-refractivity contribution is 6.11. The summed E-state index contributed by atoms with van der Waals surface area (Å²) in [5, 5.41) is 10.1. The maximum absolute atomic E-state index is 10.7. The highest BCUT2D eigenvalue weighted by Crippen LogP contribution is 1.98. The first-order valence-corrected chi connectivity index (χ1v) is 2.81. The van der Waals surface area contributed by atoms with Gasteiger partial charge in [-0.25, -0.2) is 0 Å². The molecule has 1 aliphatic heterocycles. The molecule has 1 rings (SSSR count). The van der Waals surface area contributed by atoms with Gasteiger partial charge in [-0.3, -0.25) is 4.79 Å². The zero-order valence-electron chi connectivity index (χ0n) is 5.43. The van der Waals surface area contributed by atoms with Crippen LogP contribution in [-0.2, 0) is 4.79 Å². The van der Waals surface area contributed by atoms with Crippen molar-refractivity contribution >= 4 is 11.6 Å². The predicted molar refractivity (Wildman–Crippen MR) is 36.6 cm³/mol. The molecule has 0 fully saturated rings. The Hall–Kier alpha value is -1.56. The molecule has 11 heavy (non-hydrogen) atoms. The first-order valence-electron chi connectivity index (χ1n) is 2.81. The minimum atomic E-state index is -1.21. The van der Waals surface area contributed by atoms with Crippen LogP contribution >= 0.6 is 0 Å². The molecular formula is C5H5N3O3. The van der Waals surface area contributed by atoms with E-state index in [4.69, 9.17) is 5.73 Å². The van der Waals surface area contributed by atoms with Crippen molar-refractivity contribution in [3.63, 3.8) is 0 Å². The van der Waals surface area contributed by atoms with E-state index in [0.717, 1.165) is 12.3 Å². The summed E-state index contributed by atoms with van der Waals surface area (Å²) in [6, 6.07) is -1.21. The van der Waals surface area contributed by atoms with Crippen molar-refractivity contribution in [1.82, 2.24) is 0 Å². The summed E-state index contributed by atoms with van der Waals surface area (Å²) < 4.78 is 0. The summed E-state index contributed by atoms with van der Waals surface area (Å²) in [5.41, 5.74) is 5.15. The van der Waals surface area contributed by atoms with Crippen molar-refractivity contribution < 1.29 is 9.72 Å². The number of carbonyl (C=O) groups excluding carboxylic acids is 1. The molecule has 0 amide bonds. The molecule has 0 radical (unpaired) electrons. The number of nitrogens with zero attached hydrogens (tertiary/aromatic N) is 2. The van der Waals surface area contributed by atoms with Crippen molar-refractivity contribution in [2.75, 3.05) is 0 Å². The molecule has 0 aromatic carbocycles. The Bertz CT molecular complexity index is 268. The fourth-order valence-corrected chi connectivity index (χ4v) is 0.659. The monoisotopic (exact) mass is 155 g/mol. The lowest BCUT2D eigenvalue weighted by molar-refractivity contribution is -0.353. The number of carbonyl (C=O) groups is 1. The molecule has 0 aromatic rings. The Kier molecular flexibility index (Phi) is 1.77. The molecule has 1 unspecified atom stereocenters. The predicted octanol–water partition coefficient (Wildman–Crippen LogP) is -0.915. The smallest absolute Gasteiger partial charge is 0.358 e. The Morgan fingerprint density at radius 1 is 1.73 bits per heavy atom. The molecule has 0 aliphatic carbocycles. The molecule has 1 atom stereocenters. The maximum Gasteiger partial charge on any atom is 0.363 e. The summed E-state index contributed by atoms with van der Waals surface area (Å²) in [6.45, 7) is 0. The zero-order valence-corrected chi connectivity index (χ0v) is 5.43. The van der Waals surface area contributed by atoms with Gasteiger partial charge >= 0.3 is 5.84 Å². The van der Waals surface area contributed by atoms with Gasteiger partial charge in [-0.15, -0.1) is 0 Å². The van der Waals surface area contributed by atoms with Gasteiger partial charge in [0.15, 0.2) is 11.8 Å². The number of hydrogen-bond donors (Lipinski definition) is 1. The van der Waals surface area contributed by atoms with Crippen LogP contribution in [0.5, 0.6) is 0 Å². The first kappa shape index (κ1) is 7.55. The molecule has 0 saturated carbocycles. The number of ketones is 1. The van der Waals surface area contributed by atoms with Crippen LogP contribution in [0.25, 0.3) is 0 Å². The molecule has 6 nitrogen and oxygen atoms in total. The second-order valence-corrected chi connectivity index (χ2v) is 1.94. The van der Waals surface area contributed by atoms with Crippen LogP contribution in [0, 0.1) is 10.1 Å². The van der Waals surface area contributed by atoms with Crippen molar-refractivity contribution in [3.05, 3.63) is 22.4 Å². The van der Waals surface area contributed by atoms with E-state index in [0.29, 0.717) is 0 Å². The molecule has 0 saturated heterocycles. The molecule has 6 heteroatoms. The van der Waals surface area contributed by atoms with Gasteiger partial charge < -0.3 is 15.8 Å². The van der Waals surface area contributed by atoms with Gasteiger partial charge in [0.2, 0.25) is 0 Å². The highest BCUT2D eigenvalue weighted by atomic mass is 16.6. The van der Waals surface area contributed by atoms with Gasteiger partial charge in [-0.2, -0.15) is 0 Å². The number of rotatable bonds is 0. The molecule has 2 N–H and O–H groups in total. The second kappa shape index (κ2) is 2.59. The standard InChI is InChI=1S/C5H5N3O3/c6-4-3(9)1-2-7-5(4)8(10)11/h1-2,4H,6H2. The number of nitrogens with two attached hydrogens (primary N) is 1. The van der Waals surface area contributed by atoms with Gasteiger partial charge in [0.1, 0.15) is 6.20 Å². The zero-order chi connectivity index (χ0) is 8.43. The van der Waals surface area contributed by atoms with Crippen molar-refractivity contribution in [1.29, 1.82) is 0 Å². The summed E-state index contributed by atoms with van der Waals surface area (Å²) in [4.78, 5) is 23.4. The lowest BCUT2D eigenvalue weighted by atomic mass is 10.1. The van der Waals surface area contributed by atoms with E-state index in [2.05, 4.69) is 4.99 Å². The van der Waals surface area contributed by atoms with Crippen LogP contribution in [0.4, 0.5) is 0 Å². The molecule has 58 valence electrons. The first-order chi connectivity index (χ1) is 5.13. The van der Waals surface area contributed by atoms with E-state index in [9.17, 15) is 14.9 Å². The van der Waals surface area contributed by atoms with Gasteiger partial charge in [-0.05, 0) is 9.92 Å². The largest absolute Gasteiger partial charge is 0.363 e. The molecule has 0 aromatic heterocycles. The van der Waals surface area contributed by atoms with Crippen molar-refractivity contribution in [2.45, 2.75) is 6.04 Å². The summed E-state index contributed by atoms with van der Waals surface area (Å²) in [6.07, 6.45) is 2.18. The summed E-state index contributed by atoms with van der Waals surface area (Å²) >= 11 is 0. The van der Waals surface area contributed by atoms with Crippen LogP contribution in [0.15, 0.2) is 17.3 Å². The van der Waals surface area contributed by atoms with Crippen LogP contribution in [0.2, 0.25) is 0 Å². The average Bonchev–Trinajstić information content (AvgIpc) is 1.94. The third kappa shape index (κ3) is 1.30. The fraction of sp³-hybridized carbons (Fsp3) is 0.200. The Labute approximate surface area is 61.6 Å². The van der Waals surface area contributed by atoms with Crippen LogP contribution in [0.1, 0.15) is 0 Å². The summed E-state index contributed by atoms with van der Waals surface area (Å²) in [5.74, 6) is -0.996. The molecule has 1 heterocycles. The maximum atomic E-state index is 10.7. The number of nitro groups is 1. The lowest BCUT2D eigenvalue weighted by Crippen LogP contribution is -2.43. The third-order valence-electron chi connectivity index (χ3n) is 1.22. The van der Waals surface area contributed by atoms with Gasteiger partial charge in [0, 0.05) is 6.08 Å². The normalized spacial score (nSPS) is 23.2. The van der Waals surface area contributed by atoms with Gasteiger partial charge in [0.25, 0.3) is 0 Å². The molecule has 0 spiro atoms. The summed E-state index contributed by atoms with van der Waals surface area (Å²) in [7, 11) is 0. The highest BCUT2D eigenvalue weighted by Gasteiger charge is 2.30. The van der Waals surface area contributed by atoms with Crippen LogP contribution in [-0.4, -0.2) is 22.6 Å². The van der Waals surface area contributed by atoms with E-state index in [1.807, 2.05) is 0 Å². The van der Waals surface area contributed by atoms with E-state index < -0.39 is 22.6 Å². The van der Waals surface area contributed by atoms with E-state index in [-0.39, 0.29) is 0 Å².